The third-order valence-corrected chi connectivity index (χ3v) is 2.61. The minimum atomic E-state index is -1.00. The summed E-state index contributed by atoms with van der Waals surface area (Å²) in [6.07, 6.45) is 0.819. The quantitative estimate of drug-likeness (QED) is 0.389. The summed E-state index contributed by atoms with van der Waals surface area (Å²) in [6, 6.07) is 4.83. The number of ketones is 1. The summed E-state index contributed by atoms with van der Waals surface area (Å²) in [5, 5.41) is 9.81. The molecule has 19 heavy (non-hydrogen) atoms. The summed E-state index contributed by atoms with van der Waals surface area (Å²) in [7, 11) is 1.48. The molecule has 1 rings (SSSR count). The maximum atomic E-state index is 11.4. The van der Waals surface area contributed by atoms with Crippen molar-refractivity contribution >= 4 is 33.4 Å². The van der Waals surface area contributed by atoms with Gasteiger partial charge in [0.15, 0.2) is 0 Å². The highest BCUT2D eigenvalue weighted by atomic mass is 79.9. The highest BCUT2D eigenvalue weighted by Gasteiger charge is 2.14. The Labute approximate surface area is 119 Å². The predicted molar refractivity (Wildman–Crippen MR) is 72.9 cm³/mol. The first-order valence-electron chi connectivity index (χ1n) is 5.44. The number of halogens is 1. The van der Waals surface area contributed by atoms with Crippen LogP contribution in [0.2, 0.25) is 0 Å². The Morgan fingerprint density at radius 2 is 2.05 bits per heavy atom. The van der Waals surface area contributed by atoms with Gasteiger partial charge in [0.2, 0.25) is 0 Å². The predicted octanol–water partition coefficient (Wildman–Crippen LogP) is 2.49. The molecule has 1 N–H and O–H groups in total. The molecule has 0 saturated carbocycles. The number of ether oxygens (including phenoxy) is 2. The van der Waals surface area contributed by atoms with E-state index in [-0.39, 0.29) is 12.4 Å². The van der Waals surface area contributed by atoms with Gasteiger partial charge >= 0.3 is 5.97 Å². The minimum absolute atomic E-state index is 0.101. The van der Waals surface area contributed by atoms with E-state index >= 15 is 0 Å². The Hall–Kier alpha value is -1.82. The van der Waals surface area contributed by atoms with E-state index in [1.807, 2.05) is 0 Å². The van der Waals surface area contributed by atoms with E-state index < -0.39 is 11.8 Å². The number of aliphatic hydroxyl groups excluding tert-OH is 1. The number of methoxy groups -OCH3 is 1. The topological polar surface area (TPSA) is 72.8 Å². The summed E-state index contributed by atoms with van der Waals surface area (Å²) in [6.45, 7) is 1.69. The standard InChI is InChI=1S/C13H13BrO5/c1-3-19-13(17)12(16)7-11(15)8-4-9(14)6-10(5-8)18-2/h4-7,15H,3H2,1-2H3/b11-7-. The molecule has 1 aromatic carbocycles. The van der Waals surface area contributed by atoms with E-state index in [9.17, 15) is 14.7 Å². The maximum Gasteiger partial charge on any atom is 0.379 e. The first-order chi connectivity index (χ1) is 8.97. The lowest BCUT2D eigenvalue weighted by molar-refractivity contribution is -0.151. The average Bonchev–Trinajstić information content (AvgIpc) is 2.38. The lowest BCUT2D eigenvalue weighted by Crippen LogP contribution is -2.15. The fourth-order valence-corrected chi connectivity index (χ4v) is 1.77. The number of esters is 1. The zero-order valence-electron chi connectivity index (χ0n) is 10.5. The van der Waals surface area contributed by atoms with Gasteiger partial charge in [-0.1, -0.05) is 15.9 Å². The van der Waals surface area contributed by atoms with E-state index in [1.54, 1.807) is 19.1 Å². The minimum Gasteiger partial charge on any atom is -0.507 e. The lowest BCUT2D eigenvalue weighted by atomic mass is 10.1. The van der Waals surface area contributed by atoms with E-state index in [0.717, 1.165) is 6.08 Å². The Morgan fingerprint density at radius 3 is 2.63 bits per heavy atom. The van der Waals surface area contributed by atoms with Crippen molar-refractivity contribution in [1.29, 1.82) is 0 Å². The maximum absolute atomic E-state index is 11.4. The van der Waals surface area contributed by atoms with E-state index in [0.29, 0.717) is 15.8 Å². The fraction of sp³-hybridized carbons (Fsp3) is 0.231. The molecule has 0 aliphatic carbocycles. The zero-order chi connectivity index (χ0) is 14.4. The van der Waals surface area contributed by atoms with Crippen LogP contribution in [-0.2, 0) is 14.3 Å². The largest absolute Gasteiger partial charge is 0.507 e. The lowest BCUT2D eigenvalue weighted by Gasteiger charge is -2.05. The van der Waals surface area contributed by atoms with E-state index in [1.165, 1.54) is 13.2 Å². The van der Waals surface area contributed by atoms with Gasteiger partial charge in [-0.25, -0.2) is 4.79 Å². The van der Waals surface area contributed by atoms with Gasteiger partial charge in [0, 0.05) is 16.1 Å². The SMILES string of the molecule is CCOC(=O)C(=O)/C=C(\O)c1cc(Br)cc(OC)c1. The molecule has 0 bridgehead atoms. The van der Waals surface area contributed by atoms with Crippen LogP contribution >= 0.6 is 15.9 Å². The molecule has 0 fully saturated rings. The van der Waals surface area contributed by atoms with Crippen LogP contribution in [0.4, 0.5) is 0 Å². The van der Waals surface area contributed by atoms with Crippen LogP contribution in [0.15, 0.2) is 28.7 Å². The van der Waals surface area contributed by atoms with Crippen molar-refractivity contribution in [3.63, 3.8) is 0 Å². The van der Waals surface area contributed by atoms with Crippen molar-refractivity contribution < 1.29 is 24.2 Å². The fourth-order valence-electron chi connectivity index (χ4n) is 1.30. The number of hydrogen-bond acceptors (Lipinski definition) is 5. The highest BCUT2D eigenvalue weighted by molar-refractivity contribution is 9.10. The van der Waals surface area contributed by atoms with Gasteiger partial charge in [-0.05, 0) is 25.1 Å². The van der Waals surface area contributed by atoms with E-state index in [4.69, 9.17) is 4.74 Å². The molecular weight excluding hydrogens is 316 g/mol. The van der Waals surface area contributed by atoms with Crippen LogP contribution in [0.25, 0.3) is 5.76 Å². The summed E-state index contributed by atoms with van der Waals surface area (Å²) >= 11 is 3.25. The van der Waals surface area contributed by atoms with Crippen LogP contribution in [-0.4, -0.2) is 30.6 Å². The number of hydrogen-bond donors (Lipinski definition) is 1. The number of rotatable bonds is 5. The Morgan fingerprint density at radius 1 is 1.37 bits per heavy atom. The van der Waals surface area contributed by atoms with Gasteiger partial charge in [-0.3, -0.25) is 4.79 Å². The van der Waals surface area contributed by atoms with Crippen LogP contribution in [0.3, 0.4) is 0 Å². The number of benzene rings is 1. The molecule has 0 radical (unpaired) electrons. The van der Waals surface area contributed by atoms with Gasteiger partial charge in [0.05, 0.1) is 13.7 Å². The molecule has 1 aromatic rings. The number of carbonyl (C=O) groups is 2. The highest BCUT2D eigenvalue weighted by Crippen LogP contribution is 2.24. The molecule has 0 spiro atoms. The molecule has 0 aromatic heterocycles. The third-order valence-electron chi connectivity index (χ3n) is 2.15. The van der Waals surface area contributed by atoms with Gasteiger partial charge < -0.3 is 14.6 Å². The summed E-state index contributed by atoms with van der Waals surface area (Å²) < 4.78 is 10.2. The molecule has 0 heterocycles. The summed E-state index contributed by atoms with van der Waals surface area (Å²) in [5.41, 5.74) is 0.351. The molecule has 6 heteroatoms. The number of aliphatic hydroxyl groups is 1. The molecule has 0 aliphatic heterocycles. The molecule has 5 nitrogen and oxygen atoms in total. The number of carbonyl (C=O) groups excluding carboxylic acids is 2. The Bertz CT molecular complexity index is 522. The van der Waals surface area contributed by atoms with Crippen LogP contribution in [0.1, 0.15) is 12.5 Å². The molecule has 0 unspecified atom stereocenters. The molecule has 102 valence electrons. The Balaban J connectivity index is 2.99. The summed E-state index contributed by atoms with van der Waals surface area (Å²) in [4.78, 5) is 22.5. The second-order valence-corrected chi connectivity index (χ2v) is 4.41. The van der Waals surface area contributed by atoms with Crippen molar-refractivity contribution in [2.24, 2.45) is 0 Å². The van der Waals surface area contributed by atoms with Crippen molar-refractivity contribution in [3.05, 3.63) is 34.3 Å². The first-order valence-corrected chi connectivity index (χ1v) is 6.24. The molecule has 0 amide bonds. The normalized spacial score (nSPS) is 11.0. The second kappa shape index (κ2) is 6.94. The van der Waals surface area contributed by atoms with Gasteiger partial charge in [-0.2, -0.15) is 0 Å². The monoisotopic (exact) mass is 328 g/mol. The van der Waals surface area contributed by atoms with Crippen LogP contribution < -0.4 is 4.74 Å². The summed E-state index contributed by atoms with van der Waals surface area (Å²) in [5.74, 6) is -1.75. The van der Waals surface area contributed by atoms with Gasteiger partial charge in [0.25, 0.3) is 5.78 Å². The van der Waals surface area contributed by atoms with Crippen molar-refractivity contribution in [3.8, 4) is 5.75 Å². The van der Waals surface area contributed by atoms with Crippen molar-refractivity contribution in [2.75, 3.05) is 13.7 Å². The van der Waals surface area contributed by atoms with Gasteiger partial charge in [0.1, 0.15) is 11.5 Å². The molecule has 0 atom stereocenters. The third kappa shape index (κ3) is 4.40. The van der Waals surface area contributed by atoms with E-state index in [2.05, 4.69) is 20.7 Å². The smallest absolute Gasteiger partial charge is 0.379 e. The molecular formula is C13H13BrO5. The Kier molecular flexibility index (Phi) is 5.57. The average molecular weight is 329 g/mol. The first kappa shape index (κ1) is 15.2. The van der Waals surface area contributed by atoms with Crippen molar-refractivity contribution in [1.82, 2.24) is 0 Å². The molecule has 0 saturated heterocycles. The second-order valence-electron chi connectivity index (χ2n) is 3.49. The van der Waals surface area contributed by atoms with Crippen molar-refractivity contribution in [2.45, 2.75) is 6.92 Å². The van der Waals surface area contributed by atoms with Crippen LogP contribution in [0, 0.1) is 0 Å². The molecule has 0 aliphatic rings. The van der Waals surface area contributed by atoms with Gasteiger partial charge in [-0.15, -0.1) is 0 Å². The van der Waals surface area contributed by atoms with Crippen LogP contribution in [0.5, 0.6) is 5.75 Å². The zero-order valence-corrected chi connectivity index (χ0v) is 12.1.